The van der Waals surface area contributed by atoms with E-state index in [0.717, 1.165) is 26.1 Å². The van der Waals surface area contributed by atoms with Gasteiger partial charge in [0.1, 0.15) is 12.7 Å². The highest BCUT2D eigenvalue weighted by Gasteiger charge is 2.22. The SMILES string of the molecule is COCC1CCCN(CC(O)COc2c(Cl)cccc2Cl)C1. The molecule has 0 aromatic heterocycles. The van der Waals surface area contributed by atoms with Gasteiger partial charge in [0.15, 0.2) is 5.75 Å². The van der Waals surface area contributed by atoms with Crippen molar-refractivity contribution in [2.45, 2.75) is 18.9 Å². The normalized spacial score (nSPS) is 20.8. The Balaban J connectivity index is 1.79. The molecule has 22 heavy (non-hydrogen) atoms. The minimum absolute atomic E-state index is 0.175. The van der Waals surface area contributed by atoms with Crippen molar-refractivity contribution in [3.8, 4) is 5.75 Å². The zero-order valence-electron chi connectivity index (χ0n) is 12.8. The Labute approximate surface area is 141 Å². The Morgan fingerprint density at radius 2 is 2.09 bits per heavy atom. The Hall–Kier alpha value is -0.520. The molecule has 2 rings (SSSR count). The number of piperidine rings is 1. The van der Waals surface area contributed by atoms with E-state index in [9.17, 15) is 5.11 Å². The lowest BCUT2D eigenvalue weighted by atomic mass is 9.99. The van der Waals surface area contributed by atoms with Crippen LogP contribution < -0.4 is 4.74 Å². The smallest absolute Gasteiger partial charge is 0.156 e. The van der Waals surface area contributed by atoms with Gasteiger partial charge in [-0.3, -0.25) is 0 Å². The van der Waals surface area contributed by atoms with E-state index in [0.29, 0.717) is 28.3 Å². The van der Waals surface area contributed by atoms with E-state index in [4.69, 9.17) is 32.7 Å². The van der Waals surface area contributed by atoms with E-state index in [1.165, 1.54) is 6.42 Å². The average Bonchev–Trinajstić information content (AvgIpc) is 2.47. The third-order valence-corrected chi connectivity index (χ3v) is 4.41. The van der Waals surface area contributed by atoms with Gasteiger partial charge in [-0.1, -0.05) is 29.3 Å². The number of aliphatic hydroxyl groups is 1. The number of likely N-dealkylation sites (tertiary alicyclic amines) is 1. The van der Waals surface area contributed by atoms with Crippen LogP contribution in [-0.4, -0.2) is 56.1 Å². The third kappa shape index (κ3) is 5.28. The summed E-state index contributed by atoms with van der Waals surface area (Å²) >= 11 is 12.1. The van der Waals surface area contributed by atoms with Gasteiger partial charge >= 0.3 is 0 Å². The molecule has 4 nitrogen and oxygen atoms in total. The van der Waals surface area contributed by atoms with E-state index < -0.39 is 6.10 Å². The molecule has 0 aliphatic carbocycles. The van der Waals surface area contributed by atoms with Gasteiger partial charge in [-0.25, -0.2) is 0 Å². The molecule has 2 unspecified atom stereocenters. The van der Waals surface area contributed by atoms with Crippen LogP contribution in [0, 0.1) is 5.92 Å². The van der Waals surface area contributed by atoms with E-state index in [1.807, 2.05) is 0 Å². The number of halogens is 2. The van der Waals surface area contributed by atoms with E-state index in [2.05, 4.69) is 4.90 Å². The molecule has 0 saturated carbocycles. The number of methoxy groups -OCH3 is 1. The summed E-state index contributed by atoms with van der Waals surface area (Å²) in [6.45, 7) is 3.50. The first-order valence-corrected chi connectivity index (χ1v) is 8.32. The Morgan fingerprint density at radius 1 is 1.36 bits per heavy atom. The minimum atomic E-state index is -0.575. The molecule has 6 heteroatoms. The number of nitrogens with zero attached hydrogens (tertiary/aromatic N) is 1. The quantitative estimate of drug-likeness (QED) is 0.822. The Morgan fingerprint density at radius 3 is 2.77 bits per heavy atom. The number of para-hydroxylation sites is 1. The van der Waals surface area contributed by atoms with Gasteiger partial charge in [0.2, 0.25) is 0 Å². The highest BCUT2D eigenvalue weighted by atomic mass is 35.5. The molecular formula is C16H23Cl2NO3. The number of hydrogen-bond donors (Lipinski definition) is 1. The van der Waals surface area contributed by atoms with Crippen LogP contribution in [0.5, 0.6) is 5.75 Å². The zero-order chi connectivity index (χ0) is 15.9. The van der Waals surface area contributed by atoms with Crippen molar-refractivity contribution in [2.24, 2.45) is 5.92 Å². The predicted molar refractivity (Wildman–Crippen MR) is 89.0 cm³/mol. The van der Waals surface area contributed by atoms with E-state index >= 15 is 0 Å². The first-order chi connectivity index (χ1) is 10.6. The predicted octanol–water partition coefficient (Wildman–Crippen LogP) is 3.09. The minimum Gasteiger partial charge on any atom is -0.488 e. The molecule has 0 bridgehead atoms. The number of aliphatic hydroxyl groups excluding tert-OH is 1. The number of benzene rings is 1. The molecule has 1 saturated heterocycles. The monoisotopic (exact) mass is 347 g/mol. The van der Waals surface area contributed by atoms with Gasteiger partial charge < -0.3 is 19.5 Å². The molecule has 1 fully saturated rings. The fraction of sp³-hybridized carbons (Fsp3) is 0.625. The fourth-order valence-corrected chi connectivity index (χ4v) is 3.35. The summed E-state index contributed by atoms with van der Waals surface area (Å²) in [7, 11) is 1.73. The lowest BCUT2D eigenvalue weighted by Crippen LogP contribution is -2.42. The van der Waals surface area contributed by atoms with Crippen LogP contribution in [0.15, 0.2) is 18.2 Å². The maximum absolute atomic E-state index is 10.2. The summed E-state index contributed by atoms with van der Waals surface area (Å²) < 4.78 is 10.8. The molecule has 1 aliphatic rings. The summed E-state index contributed by atoms with van der Waals surface area (Å²) in [6.07, 6.45) is 1.75. The summed E-state index contributed by atoms with van der Waals surface area (Å²) in [4.78, 5) is 2.26. The van der Waals surface area contributed by atoms with E-state index in [-0.39, 0.29) is 6.61 Å². The molecular weight excluding hydrogens is 325 g/mol. The summed E-state index contributed by atoms with van der Waals surface area (Å²) in [5, 5.41) is 11.1. The van der Waals surface area contributed by atoms with Gasteiger partial charge in [0, 0.05) is 20.2 Å². The maximum atomic E-state index is 10.2. The topological polar surface area (TPSA) is 41.9 Å². The molecule has 1 N–H and O–H groups in total. The first kappa shape index (κ1) is 17.8. The number of rotatable bonds is 7. The number of ether oxygens (including phenoxy) is 2. The highest BCUT2D eigenvalue weighted by molar-refractivity contribution is 6.37. The van der Waals surface area contributed by atoms with Crippen molar-refractivity contribution in [3.63, 3.8) is 0 Å². The second-order valence-electron chi connectivity index (χ2n) is 5.74. The second kappa shape index (κ2) is 8.94. The molecule has 2 atom stereocenters. The van der Waals surface area contributed by atoms with Crippen molar-refractivity contribution >= 4 is 23.2 Å². The van der Waals surface area contributed by atoms with Gasteiger partial charge in [-0.2, -0.15) is 0 Å². The van der Waals surface area contributed by atoms with E-state index in [1.54, 1.807) is 25.3 Å². The number of hydrogen-bond acceptors (Lipinski definition) is 4. The largest absolute Gasteiger partial charge is 0.488 e. The molecule has 0 spiro atoms. The van der Waals surface area contributed by atoms with Gasteiger partial charge in [0.05, 0.1) is 16.7 Å². The standard InChI is InChI=1S/C16H23Cl2NO3/c1-21-10-12-4-3-7-19(8-12)9-13(20)11-22-16-14(17)5-2-6-15(16)18/h2,5-6,12-13,20H,3-4,7-11H2,1H3. The fourth-order valence-electron chi connectivity index (χ4n) is 2.84. The third-order valence-electron chi connectivity index (χ3n) is 3.81. The average molecular weight is 348 g/mol. The first-order valence-electron chi connectivity index (χ1n) is 7.56. The van der Waals surface area contributed by atoms with Crippen molar-refractivity contribution in [1.82, 2.24) is 4.90 Å². The lowest BCUT2D eigenvalue weighted by Gasteiger charge is -2.33. The summed E-state index contributed by atoms with van der Waals surface area (Å²) in [6, 6.07) is 5.20. The van der Waals surface area contributed by atoms with Crippen molar-refractivity contribution < 1.29 is 14.6 Å². The zero-order valence-corrected chi connectivity index (χ0v) is 14.3. The molecule has 0 amide bonds. The molecule has 1 aromatic rings. The molecule has 0 radical (unpaired) electrons. The van der Waals surface area contributed by atoms with Crippen molar-refractivity contribution in [3.05, 3.63) is 28.2 Å². The van der Waals surface area contributed by atoms with Crippen LogP contribution in [-0.2, 0) is 4.74 Å². The highest BCUT2D eigenvalue weighted by Crippen LogP contribution is 2.32. The van der Waals surface area contributed by atoms with Gasteiger partial charge in [-0.05, 0) is 37.4 Å². The summed E-state index contributed by atoms with van der Waals surface area (Å²) in [5.74, 6) is 0.977. The maximum Gasteiger partial charge on any atom is 0.156 e. The summed E-state index contributed by atoms with van der Waals surface area (Å²) in [5.41, 5.74) is 0. The molecule has 1 aromatic carbocycles. The molecule has 124 valence electrons. The van der Waals surface area contributed by atoms with Crippen LogP contribution in [0.4, 0.5) is 0 Å². The van der Waals surface area contributed by atoms with Crippen LogP contribution >= 0.6 is 23.2 Å². The van der Waals surface area contributed by atoms with Gasteiger partial charge in [0.25, 0.3) is 0 Å². The van der Waals surface area contributed by atoms with Crippen LogP contribution in [0.1, 0.15) is 12.8 Å². The molecule has 1 heterocycles. The van der Waals surface area contributed by atoms with Crippen LogP contribution in [0.3, 0.4) is 0 Å². The Bertz CT molecular complexity index is 450. The lowest BCUT2D eigenvalue weighted by molar-refractivity contribution is 0.0371. The van der Waals surface area contributed by atoms with Gasteiger partial charge in [-0.15, -0.1) is 0 Å². The van der Waals surface area contributed by atoms with Crippen LogP contribution in [0.25, 0.3) is 0 Å². The van der Waals surface area contributed by atoms with Crippen molar-refractivity contribution in [1.29, 1.82) is 0 Å². The Kier molecular flexibility index (Phi) is 7.25. The van der Waals surface area contributed by atoms with Crippen LogP contribution in [0.2, 0.25) is 10.0 Å². The number of β-amino-alcohol motifs (C(OH)–C–C–N with tert-alkyl or cyclic N) is 1. The van der Waals surface area contributed by atoms with Crippen molar-refractivity contribution in [2.75, 3.05) is 40.0 Å². The second-order valence-corrected chi connectivity index (χ2v) is 6.55. The molecule has 1 aliphatic heterocycles.